The van der Waals surface area contributed by atoms with E-state index in [1.807, 2.05) is 38.1 Å². The number of aryl methyl sites for hydroxylation is 1. The summed E-state index contributed by atoms with van der Waals surface area (Å²) in [5.74, 6) is -0.867. The van der Waals surface area contributed by atoms with Gasteiger partial charge in [-0.3, -0.25) is 9.59 Å². The molecule has 4 nitrogen and oxygen atoms in total. The molecule has 2 amide bonds. The molecule has 0 heterocycles. The van der Waals surface area contributed by atoms with Crippen LogP contribution in [0.1, 0.15) is 36.8 Å². The van der Waals surface area contributed by atoms with Crippen LogP contribution in [0, 0.1) is 18.7 Å². The fourth-order valence-electron chi connectivity index (χ4n) is 3.44. The average molecular weight is 368 g/mol. The number of hydrogen-bond acceptors (Lipinski definition) is 2. The van der Waals surface area contributed by atoms with Crippen LogP contribution >= 0.6 is 0 Å². The molecule has 2 aromatic rings. The minimum Gasteiger partial charge on any atom is -0.333 e. The molecule has 1 N–H and O–H groups in total. The molecule has 0 bridgehead atoms. The van der Waals surface area contributed by atoms with Crippen LogP contribution in [0.25, 0.3) is 0 Å². The van der Waals surface area contributed by atoms with Crippen LogP contribution in [0.3, 0.4) is 0 Å². The predicted molar refractivity (Wildman–Crippen MR) is 104 cm³/mol. The van der Waals surface area contributed by atoms with E-state index in [2.05, 4.69) is 5.32 Å². The molecular weight excluding hydrogens is 343 g/mol. The van der Waals surface area contributed by atoms with E-state index in [0.29, 0.717) is 18.5 Å². The molecule has 2 atom stereocenters. The molecule has 0 radical (unpaired) electrons. The summed E-state index contributed by atoms with van der Waals surface area (Å²) in [4.78, 5) is 26.9. The molecule has 0 aliphatic heterocycles. The number of nitrogens with zero attached hydrogens (tertiary/aromatic N) is 1. The van der Waals surface area contributed by atoms with Crippen LogP contribution in [0.5, 0.6) is 0 Å². The highest BCUT2D eigenvalue weighted by atomic mass is 19.1. The highest BCUT2D eigenvalue weighted by Crippen LogP contribution is 2.49. The number of halogens is 1. The fourth-order valence-corrected chi connectivity index (χ4v) is 3.44. The van der Waals surface area contributed by atoms with Gasteiger partial charge in [-0.05, 0) is 48.9 Å². The van der Waals surface area contributed by atoms with E-state index in [1.165, 1.54) is 6.07 Å². The molecule has 2 aromatic carbocycles. The fraction of sp³-hybridized carbons (Fsp3) is 0.364. The molecule has 3 rings (SSSR count). The maximum Gasteiger partial charge on any atom is 0.244 e. The molecule has 0 saturated heterocycles. The van der Waals surface area contributed by atoms with Gasteiger partial charge in [0.25, 0.3) is 0 Å². The number of nitrogens with one attached hydrogen (secondary N) is 1. The van der Waals surface area contributed by atoms with Crippen molar-refractivity contribution in [2.45, 2.75) is 32.6 Å². The van der Waals surface area contributed by atoms with Gasteiger partial charge in [-0.2, -0.15) is 0 Å². The summed E-state index contributed by atoms with van der Waals surface area (Å²) in [5.41, 5.74) is 2.32. The molecule has 1 saturated carbocycles. The summed E-state index contributed by atoms with van der Waals surface area (Å²) >= 11 is 0. The van der Waals surface area contributed by atoms with Gasteiger partial charge in [-0.15, -0.1) is 0 Å². The lowest BCUT2D eigenvalue weighted by atomic mass is 10.1. The molecule has 27 heavy (non-hydrogen) atoms. The van der Waals surface area contributed by atoms with Gasteiger partial charge >= 0.3 is 0 Å². The number of carbonyl (C=O) groups is 2. The number of anilines is 1. The second-order valence-corrected chi connectivity index (χ2v) is 7.09. The Morgan fingerprint density at radius 2 is 1.85 bits per heavy atom. The first-order chi connectivity index (χ1) is 13.0. The Hall–Kier alpha value is -2.69. The van der Waals surface area contributed by atoms with E-state index < -0.39 is 0 Å². The third-order valence-electron chi connectivity index (χ3n) is 4.97. The zero-order valence-electron chi connectivity index (χ0n) is 15.7. The van der Waals surface area contributed by atoms with E-state index >= 15 is 0 Å². The summed E-state index contributed by atoms with van der Waals surface area (Å²) in [7, 11) is 0. The maximum absolute atomic E-state index is 14.0. The highest BCUT2D eigenvalue weighted by Gasteiger charge is 2.46. The van der Waals surface area contributed by atoms with Gasteiger partial charge in [0.1, 0.15) is 5.82 Å². The Labute approximate surface area is 159 Å². The van der Waals surface area contributed by atoms with Crippen LogP contribution in [0.15, 0.2) is 48.5 Å². The highest BCUT2D eigenvalue weighted by molar-refractivity contribution is 5.95. The van der Waals surface area contributed by atoms with Gasteiger partial charge in [0, 0.05) is 18.2 Å². The Bertz CT molecular complexity index is 837. The van der Waals surface area contributed by atoms with Crippen molar-refractivity contribution in [3.05, 3.63) is 65.5 Å². The molecule has 1 aliphatic carbocycles. The van der Waals surface area contributed by atoms with Crippen molar-refractivity contribution in [3.63, 3.8) is 0 Å². The van der Waals surface area contributed by atoms with Crippen molar-refractivity contribution in [3.8, 4) is 0 Å². The Kier molecular flexibility index (Phi) is 5.89. The summed E-state index contributed by atoms with van der Waals surface area (Å²) in [6.07, 6.45) is 1.40. The van der Waals surface area contributed by atoms with Gasteiger partial charge in [-0.1, -0.05) is 43.3 Å². The van der Waals surface area contributed by atoms with Crippen molar-refractivity contribution in [2.24, 2.45) is 5.92 Å². The van der Waals surface area contributed by atoms with E-state index in [-0.39, 0.29) is 36.0 Å². The third-order valence-corrected chi connectivity index (χ3v) is 4.97. The molecular formula is C22H25FN2O2. The normalized spacial score (nSPS) is 18.0. The zero-order chi connectivity index (χ0) is 19.4. The number of hydrogen-bond donors (Lipinski definition) is 1. The topological polar surface area (TPSA) is 49.4 Å². The van der Waals surface area contributed by atoms with Crippen LogP contribution in [-0.2, 0) is 9.59 Å². The molecule has 1 aliphatic rings. The smallest absolute Gasteiger partial charge is 0.244 e. The van der Waals surface area contributed by atoms with Gasteiger partial charge < -0.3 is 10.2 Å². The summed E-state index contributed by atoms with van der Waals surface area (Å²) in [6.45, 7) is 4.43. The van der Waals surface area contributed by atoms with Gasteiger partial charge in [0.15, 0.2) is 0 Å². The molecule has 1 fully saturated rings. The summed E-state index contributed by atoms with van der Waals surface area (Å²) in [6, 6.07) is 14.1. The van der Waals surface area contributed by atoms with Crippen molar-refractivity contribution in [1.29, 1.82) is 0 Å². The second-order valence-electron chi connectivity index (χ2n) is 7.09. The standard InChI is InChI=1S/C22H25FN2O2/c1-3-12-25(14-21(26)24-20-11-7-4-8-15(20)2)22(27)18-13-17(18)16-9-5-6-10-19(16)23/h4-11,17-18H,3,12-14H2,1-2H3,(H,24,26). The van der Waals surface area contributed by atoms with Gasteiger partial charge in [0.05, 0.1) is 6.54 Å². The van der Waals surface area contributed by atoms with Crippen molar-refractivity contribution in [1.82, 2.24) is 4.90 Å². The predicted octanol–water partition coefficient (Wildman–Crippen LogP) is 4.11. The minimum absolute atomic E-state index is 0.0154. The molecule has 0 spiro atoms. The van der Waals surface area contributed by atoms with Crippen LogP contribution in [0.2, 0.25) is 0 Å². The minimum atomic E-state index is -0.267. The SMILES string of the molecule is CCCN(CC(=O)Nc1ccccc1C)C(=O)C1CC1c1ccccc1F. The zero-order valence-corrected chi connectivity index (χ0v) is 15.7. The third kappa shape index (κ3) is 4.54. The van der Waals surface area contributed by atoms with Crippen LogP contribution in [0.4, 0.5) is 10.1 Å². The second kappa shape index (κ2) is 8.33. The van der Waals surface area contributed by atoms with E-state index in [9.17, 15) is 14.0 Å². The van der Waals surface area contributed by atoms with E-state index in [1.54, 1.807) is 23.1 Å². The lowest BCUT2D eigenvalue weighted by Gasteiger charge is -2.22. The first-order valence-electron chi connectivity index (χ1n) is 9.40. The monoisotopic (exact) mass is 368 g/mol. The van der Waals surface area contributed by atoms with Crippen LogP contribution < -0.4 is 5.32 Å². The molecule has 2 unspecified atom stereocenters. The van der Waals surface area contributed by atoms with Gasteiger partial charge in [-0.25, -0.2) is 4.39 Å². The molecule has 5 heteroatoms. The molecule has 0 aromatic heterocycles. The van der Waals surface area contributed by atoms with Crippen molar-refractivity contribution < 1.29 is 14.0 Å². The first-order valence-corrected chi connectivity index (χ1v) is 9.40. The number of benzene rings is 2. The number of amides is 2. The van der Waals surface area contributed by atoms with E-state index in [0.717, 1.165) is 17.7 Å². The Balaban J connectivity index is 1.63. The largest absolute Gasteiger partial charge is 0.333 e. The summed E-state index contributed by atoms with van der Waals surface area (Å²) in [5, 5.41) is 2.87. The van der Waals surface area contributed by atoms with Crippen LogP contribution in [-0.4, -0.2) is 29.8 Å². The Morgan fingerprint density at radius 3 is 2.56 bits per heavy atom. The molecule has 142 valence electrons. The van der Waals surface area contributed by atoms with Gasteiger partial charge in [0.2, 0.25) is 11.8 Å². The van der Waals surface area contributed by atoms with E-state index in [4.69, 9.17) is 0 Å². The Morgan fingerprint density at radius 1 is 1.15 bits per heavy atom. The number of carbonyl (C=O) groups excluding carboxylic acids is 2. The lowest BCUT2D eigenvalue weighted by Crippen LogP contribution is -2.39. The number of para-hydroxylation sites is 1. The lowest BCUT2D eigenvalue weighted by molar-refractivity contribution is -0.136. The maximum atomic E-state index is 14.0. The van der Waals surface area contributed by atoms with Crippen molar-refractivity contribution in [2.75, 3.05) is 18.4 Å². The first kappa shape index (κ1) is 19.1. The quantitative estimate of drug-likeness (QED) is 0.799. The average Bonchev–Trinajstić information content (AvgIpc) is 3.43. The number of rotatable bonds is 7. The summed E-state index contributed by atoms with van der Waals surface area (Å²) < 4.78 is 14.0. The van der Waals surface area contributed by atoms with Crippen molar-refractivity contribution >= 4 is 17.5 Å².